The molecule has 1 heterocycles. The standard InChI is InChI=1S/C7H9BClF3NS.K/c1-13(5-8(10,11)12)4-6-2-3-7(9)14-6;/h2-3H,4-5H2,1H3;/q-1;+1. The largest absolute Gasteiger partial charge is 1.00 e. The maximum Gasteiger partial charge on any atom is 1.00 e. The summed E-state index contributed by atoms with van der Waals surface area (Å²) >= 11 is 6.96. The quantitative estimate of drug-likeness (QED) is 0.714. The van der Waals surface area contributed by atoms with Crippen LogP contribution in [0.2, 0.25) is 4.34 Å². The van der Waals surface area contributed by atoms with Gasteiger partial charge in [-0.25, -0.2) is 0 Å². The van der Waals surface area contributed by atoms with Gasteiger partial charge in [-0.2, -0.15) is 0 Å². The summed E-state index contributed by atoms with van der Waals surface area (Å²) in [5.41, 5.74) is 0. The number of halogens is 4. The van der Waals surface area contributed by atoms with Gasteiger partial charge in [-0.05, 0) is 25.6 Å². The first kappa shape index (κ1) is 16.4. The molecule has 1 nitrogen and oxygen atoms in total. The molecule has 0 unspecified atom stereocenters. The average Bonchev–Trinajstić information content (AvgIpc) is 2.30. The SMILES string of the molecule is CN(Cc1ccc(Cl)s1)C[B-](F)(F)F.[K+]. The molecule has 0 aliphatic rings. The van der Waals surface area contributed by atoms with Gasteiger partial charge in [0, 0.05) is 11.4 Å². The van der Waals surface area contributed by atoms with Gasteiger partial charge >= 0.3 is 58.4 Å². The van der Waals surface area contributed by atoms with E-state index in [9.17, 15) is 12.9 Å². The first-order valence-electron chi connectivity index (χ1n) is 4.00. The Morgan fingerprint density at radius 1 is 1.40 bits per heavy atom. The summed E-state index contributed by atoms with van der Waals surface area (Å²) in [5, 5.41) is 0. The molecule has 0 saturated heterocycles. The fraction of sp³-hybridized carbons (Fsp3) is 0.429. The van der Waals surface area contributed by atoms with Crippen LogP contribution in [0.1, 0.15) is 4.88 Å². The predicted molar refractivity (Wildman–Crippen MR) is 54.7 cm³/mol. The van der Waals surface area contributed by atoms with Crippen molar-refractivity contribution < 1.29 is 64.3 Å². The molecule has 1 aromatic heterocycles. The Morgan fingerprint density at radius 2 is 2.00 bits per heavy atom. The zero-order chi connectivity index (χ0) is 10.8. The molecular formula is C7H9BClF3KNS. The van der Waals surface area contributed by atoms with E-state index in [1.165, 1.54) is 23.3 Å². The van der Waals surface area contributed by atoms with E-state index in [2.05, 4.69) is 0 Å². The van der Waals surface area contributed by atoms with Crippen LogP contribution in [-0.2, 0) is 6.54 Å². The fourth-order valence-electron chi connectivity index (χ4n) is 1.12. The second-order valence-electron chi connectivity index (χ2n) is 3.11. The number of rotatable bonds is 4. The van der Waals surface area contributed by atoms with Gasteiger partial charge in [0.15, 0.2) is 0 Å². The van der Waals surface area contributed by atoms with Gasteiger partial charge in [-0.1, -0.05) is 11.6 Å². The second-order valence-corrected chi connectivity index (χ2v) is 4.91. The van der Waals surface area contributed by atoms with Crippen LogP contribution in [-0.4, -0.2) is 25.4 Å². The van der Waals surface area contributed by atoms with Crippen LogP contribution < -0.4 is 51.4 Å². The first-order chi connectivity index (χ1) is 6.37. The van der Waals surface area contributed by atoms with Crippen molar-refractivity contribution in [2.45, 2.75) is 6.54 Å². The maximum atomic E-state index is 12.0. The van der Waals surface area contributed by atoms with Crippen molar-refractivity contribution in [3.63, 3.8) is 0 Å². The van der Waals surface area contributed by atoms with Crippen LogP contribution >= 0.6 is 22.9 Å². The zero-order valence-electron chi connectivity index (χ0n) is 8.51. The van der Waals surface area contributed by atoms with Crippen molar-refractivity contribution in [1.29, 1.82) is 0 Å². The van der Waals surface area contributed by atoms with Crippen molar-refractivity contribution >= 4 is 29.9 Å². The summed E-state index contributed by atoms with van der Waals surface area (Å²) in [7, 11) is 1.45. The predicted octanol–water partition coefficient (Wildman–Crippen LogP) is 0.224. The first-order valence-corrected chi connectivity index (χ1v) is 5.20. The van der Waals surface area contributed by atoms with E-state index < -0.39 is 13.4 Å². The summed E-state index contributed by atoms with van der Waals surface area (Å²) in [4.78, 5) is 2.08. The second kappa shape index (κ2) is 7.00. The van der Waals surface area contributed by atoms with Gasteiger partial charge in [0.25, 0.3) is 0 Å². The van der Waals surface area contributed by atoms with Gasteiger partial charge in [0.2, 0.25) is 0 Å². The molecule has 0 saturated carbocycles. The van der Waals surface area contributed by atoms with Crippen molar-refractivity contribution in [2.75, 3.05) is 13.5 Å². The van der Waals surface area contributed by atoms with E-state index in [4.69, 9.17) is 11.6 Å². The van der Waals surface area contributed by atoms with Crippen LogP contribution in [0, 0.1) is 0 Å². The Hall–Kier alpha value is 1.44. The van der Waals surface area contributed by atoms with Gasteiger partial charge < -0.3 is 17.8 Å². The van der Waals surface area contributed by atoms with Crippen LogP contribution in [0.3, 0.4) is 0 Å². The number of hydrogen-bond donors (Lipinski definition) is 0. The Labute approximate surface area is 138 Å². The molecule has 0 N–H and O–H groups in total. The third-order valence-corrected chi connectivity index (χ3v) is 2.79. The monoisotopic (exact) mass is 281 g/mol. The number of thiophene rings is 1. The summed E-state index contributed by atoms with van der Waals surface area (Å²) < 4.78 is 36.6. The molecule has 1 rings (SSSR count). The molecule has 8 heteroatoms. The van der Waals surface area contributed by atoms with Gasteiger partial charge in [0.05, 0.1) is 4.34 Å². The molecule has 0 amide bonds. The Morgan fingerprint density at radius 3 is 2.40 bits per heavy atom. The van der Waals surface area contributed by atoms with Crippen LogP contribution in [0.5, 0.6) is 0 Å². The smallest absolute Gasteiger partial charge is 0.448 e. The zero-order valence-corrected chi connectivity index (χ0v) is 13.2. The molecule has 0 bridgehead atoms. The van der Waals surface area contributed by atoms with Gasteiger partial charge in [-0.15, -0.1) is 11.3 Å². The molecule has 0 aliphatic carbocycles. The van der Waals surface area contributed by atoms with Crippen molar-refractivity contribution in [1.82, 2.24) is 4.90 Å². The van der Waals surface area contributed by atoms with Crippen LogP contribution in [0.25, 0.3) is 0 Å². The van der Waals surface area contributed by atoms with Crippen molar-refractivity contribution in [3.05, 3.63) is 21.3 Å². The van der Waals surface area contributed by atoms with Gasteiger partial charge in [0.1, 0.15) is 0 Å². The summed E-state index contributed by atoms with van der Waals surface area (Å²) in [6.07, 6.45) is -0.838. The van der Waals surface area contributed by atoms with E-state index in [-0.39, 0.29) is 51.4 Å². The van der Waals surface area contributed by atoms with E-state index in [0.29, 0.717) is 10.9 Å². The molecule has 0 aromatic carbocycles. The number of hydrogen-bond acceptors (Lipinski definition) is 2. The molecule has 0 radical (unpaired) electrons. The minimum absolute atomic E-state index is 0. The summed E-state index contributed by atoms with van der Waals surface area (Å²) in [5.74, 6) is 0. The molecule has 80 valence electrons. The molecule has 15 heavy (non-hydrogen) atoms. The molecule has 0 aliphatic heterocycles. The normalized spacial score (nSPS) is 11.6. The fourth-order valence-corrected chi connectivity index (χ4v) is 2.29. The minimum atomic E-state index is -4.74. The van der Waals surface area contributed by atoms with Gasteiger partial charge in [-0.3, -0.25) is 0 Å². The van der Waals surface area contributed by atoms with Crippen LogP contribution in [0.15, 0.2) is 12.1 Å². The van der Waals surface area contributed by atoms with Crippen molar-refractivity contribution in [2.24, 2.45) is 0 Å². The summed E-state index contributed by atoms with van der Waals surface area (Å²) in [6, 6.07) is 3.43. The molecule has 0 fully saturated rings. The third kappa shape index (κ3) is 7.38. The van der Waals surface area contributed by atoms with Crippen LogP contribution in [0.4, 0.5) is 12.9 Å². The summed E-state index contributed by atoms with van der Waals surface area (Å²) in [6.45, 7) is -4.45. The average molecular weight is 282 g/mol. The molecule has 0 atom stereocenters. The Kier molecular flexibility index (Phi) is 7.68. The third-order valence-electron chi connectivity index (χ3n) is 1.57. The molecular weight excluding hydrogens is 273 g/mol. The number of nitrogens with zero attached hydrogens (tertiary/aromatic N) is 1. The molecule has 1 aromatic rings. The topological polar surface area (TPSA) is 3.24 Å². The van der Waals surface area contributed by atoms with E-state index >= 15 is 0 Å². The van der Waals surface area contributed by atoms with E-state index in [1.807, 2.05) is 0 Å². The van der Waals surface area contributed by atoms with Crippen molar-refractivity contribution in [3.8, 4) is 0 Å². The van der Waals surface area contributed by atoms with E-state index in [1.54, 1.807) is 12.1 Å². The maximum absolute atomic E-state index is 12.0. The molecule has 0 spiro atoms. The Bertz CT molecular complexity index is 307. The van der Waals surface area contributed by atoms with E-state index in [0.717, 1.165) is 4.88 Å². The Balaban J connectivity index is 0.00000196. The minimum Gasteiger partial charge on any atom is -0.448 e.